The van der Waals surface area contributed by atoms with Gasteiger partial charge in [-0.1, -0.05) is 171 Å². The lowest BCUT2D eigenvalue weighted by molar-refractivity contribution is 0.605. The van der Waals surface area contributed by atoms with Crippen LogP contribution in [0.1, 0.15) is 72.4 Å². The first-order chi connectivity index (χ1) is 33.0. The zero-order valence-electron chi connectivity index (χ0n) is 37.6. The van der Waals surface area contributed by atoms with E-state index < -0.39 is 5.41 Å². The molecule has 0 bridgehead atoms. The Morgan fingerprint density at radius 2 is 1.25 bits per heavy atom. The summed E-state index contributed by atoms with van der Waals surface area (Å²) in [5, 5.41) is 4.60. The van der Waals surface area contributed by atoms with E-state index in [1.807, 2.05) is 0 Å². The van der Waals surface area contributed by atoms with Crippen LogP contribution < -0.4 is 4.90 Å². The van der Waals surface area contributed by atoms with Gasteiger partial charge >= 0.3 is 0 Å². The molecule has 3 heteroatoms. The van der Waals surface area contributed by atoms with Crippen molar-refractivity contribution < 1.29 is 8.83 Å². The van der Waals surface area contributed by atoms with E-state index in [-0.39, 0.29) is 23.3 Å². The summed E-state index contributed by atoms with van der Waals surface area (Å²) in [6.07, 6.45) is 22.3. The Bertz CT molecular complexity index is 3850. The van der Waals surface area contributed by atoms with Crippen LogP contribution in [0.2, 0.25) is 0 Å². The van der Waals surface area contributed by atoms with Crippen LogP contribution in [0.25, 0.3) is 60.6 Å². The van der Waals surface area contributed by atoms with Gasteiger partial charge in [-0.05, 0) is 117 Å². The van der Waals surface area contributed by atoms with Gasteiger partial charge in [0.15, 0.2) is 0 Å². The minimum Gasteiger partial charge on any atom is -0.456 e. The number of furan rings is 2. The lowest BCUT2D eigenvalue weighted by Crippen LogP contribution is -2.38. The number of benzene rings is 7. The van der Waals surface area contributed by atoms with Crippen LogP contribution in [0.3, 0.4) is 0 Å². The summed E-state index contributed by atoms with van der Waals surface area (Å²) in [6, 6.07) is 54.5. The molecule has 6 aliphatic rings. The molecule has 15 rings (SSSR count). The Morgan fingerprint density at radius 1 is 0.537 bits per heavy atom. The summed E-state index contributed by atoms with van der Waals surface area (Å²) in [4.78, 5) is 2.65. The van der Waals surface area contributed by atoms with Crippen molar-refractivity contribution in [3.8, 4) is 11.1 Å². The van der Waals surface area contributed by atoms with Crippen molar-refractivity contribution in [2.75, 3.05) is 4.90 Å². The predicted molar refractivity (Wildman–Crippen MR) is 275 cm³/mol. The molecule has 4 unspecified atom stereocenters. The van der Waals surface area contributed by atoms with Gasteiger partial charge in [0.25, 0.3) is 0 Å². The molecule has 320 valence electrons. The van der Waals surface area contributed by atoms with Gasteiger partial charge in [-0.25, -0.2) is 0 Å². The second-order valence-corrected chi connectivity index (χ2v) is 20.1. The maximum atomic E-state index is 6.98. The smallest absolute Gasteiger partial charge is 0.143 e. The summed E-state index contributed by atoms with van der Waals surface area (Å²) >= 11 is 0. The van der Waals surface area contributed by atoms with E-state index in [9.17, 15) is 0 Å². The molecule has 0 amide bonds. The summed E-state index contributed by atoms with van der Waals surface area (Å²) in [5.41, 5.74) is 22.0. The lowest BCUT2D eigenvalue weighted by Gasteiger charge is -2.42. The zero-order valence-corrected chi connectivity index (χ0v) is 37.6. The number of hydrogen-bond acceptors (Lipinski definition) is 3. The number of nitrogens with zero attached hydrogens (tertiary/aromatic N) is 1. The fourth-order valence-electron chi connectivity index (χ4n) is 13.8. The molecule has 0 aliphatic heterocycles. The van der Waals surface area contributed by atoms with Crippen LogP contribution >= 0.6 is 0 Å². The molecule has 0 radical (unpaired) electrons. The highest BCUT2D eigenvalue weighted by Gasteiger charge is 2.54. The van der Waals surface area contributed by atoms with E-state index in [1.54, 1.807) is 5.57 Å². The zero-order chi connectivity index (χ0) is 44.2. The van der Waals surface area contributed by atoms with Gasteiger partial charge in [-0.15, -0.1) is 0 Å². The highest BCUT2D eigenvalue weighted by Crippen LogP contribution is 2.64. The first-order valence-corrected chi connectivity index (χ1v) is 24.1. The van der Waals surface area contributed by atoms with Gasteiger partial charge in [0, 0.05) is 55.7 Å². The molecule has 2 aromatic heterocycles. The van der Waals surface area contributed by atoms with Gasteiger partial charge in [0.1, 0.15) is 22.3 Å². The minimum absolute atomic E-state index is 0.0192. The summed E-state index contributed by atoms with van der Waals surface area (Å²) in [7, 11) is 0. The number of allylic oxidation sites excluding steroid dienone is 10. The van der Waals surface area contributed by atoms with E-state index in [0.717, 1.165) is 68.8 Å². The SMILES string of the molecule is CC1(C)C2=C(C=CCC2)c2ccc(N(c3ccc4oc5ccccc5c4c3)C3C=CC4=C(C3)C3(c5ccccc5-c5c3ccc3c5oc5ccccc53)c3ccccc3C3C=CC=CC43)cc21. The number of para-hydroxylation sites is 2. The van der Waals surface area contributed by atoms with Crippen LogP contribution in [-0.4, -0.2) is 6.04 Å². The Balaban J connectivity index is 0.995. The van der Waals surface area contributed by atoms with Crippen LogP contribution in [0.5, 0.6) is 0 Å². The van der Waals surface area contributed by atoms with E-state index >= 15 is 0 Å². The third-order valence-electron chi connectivity index (χ3n) is 16.6. The van der Waals surface area contributed by atoms with Crippen molar-refractivity contribution in [1.82, 2.24) is 0 Å². The summed E-state index contributed by atoms with van der Waals surface area (Å²) < 4.78 is 13.4. The topological polar surface area (TPSA) is 29.5 Å². The Kier molecular flexibility index (Phi) is 7.57. The minimum atomic E-state index is -0.585. The van der Waals surface area contributed by atoms with E-state index in [1.165, 1.54) is 66.9 Å². The average molecular weight is 862 g/mol. The highest BCUT2D eigenvalue weighted by atomic mass is 16.3. The molecule has 67 heavy (non-hydrogen) atoms. The fraction of sp³-hybridized carbons (Fsp3) is 0.156. The molecule has 0 fully saturated rings. The molecule has 6 aliphatic carbocycles. The second kappa shape index (κ2) is 13.5. The summed E-state index contributed by atoms with van der Waals surface area (Å²) in [5.74, 6) is 0.370. The lowest BCUT2D eigenvalue weighted by atomic mass is 9.63. The van der Waals surface area contributed by atoms with Gasteiger partial charge < -0.3 is 13.7 Å². The van der Waals surface area contributed by atoms with E-state index in [0.29, 0.717) is 0 Å². The normalized spacial score (nSPS) is 22.6. The molecule has 7 aromatic carbocycles. The molecule has 1 spiro atoms. The molecule has 0 saturated carbocycles. The summed E-state index contributed by atoms with van der Waals surface area (Å²) in [6.45, 7) is 4.87. The largest absolute Gasteiger partial charge is 0.456 e. The van der Waals surface area contributed by atoms with E-state index in [4.69, 9.17) is 8.83 Å². The molecule has 2 heterocycles. The number of hydrogen-bond donors (Lipinski definition) is 0. The van der Waals surface area contributed by atoms with Crippen molar-refractivity contribution in [3.05, 3.63) is 244 Å². The second-order valence-electron chi connectivity index (χ2n) is 20.1. The average Bonchev–Trinajstić information content (AvgIpc) is 4.08. The predicted octanol–water partition coefficient (Wildman–Crippen LogP) is 16.5. The van der Waals surface area contributed by atoms with E-state index in [2.05, 4.69) is 213 Å². The van der Waals surface area contributed by atoms with Crippen molar-refractivity contribution >= 4 is 60.8 Å². The van der Waals surface area contributed by atoms with Gasteiger partial charge in [0.05, 0.1) is 11.5 Å². The molecular formula is C64H47NO2. The maximum absolute atomic E-state index is 6.98. The molecule has 0 N–H and O–H groups in total. The maximum Gasteiger partial charge on any atom is 0.143 e. The Labute approximate surface area is 390 Å². The van der Waals surface area contributed by atoms with Crippen molar-refractivity contribution in [1.29, 1.82) is 0 Å². The standard InChI is InChI=1S/C64H47NO2/c1-63(2)52-22-10-5-18-44(52)46-31-28-39(36-56(46)63)65(38-29-34-60-51(35-38)48-20-9-13-25-58(48)66-60)40-27-30-45-42-16-4-3-15-41(42)43-17-6-11-23-53(43)64(57(45)37-40)54-24-12-7-21-50(54)61-55(64)33-32-49-47-19-8-14-26-59(47)67-62(49)61/h3-9,11-21,23-36,40-42H,10,22,37H2,1-2H3. The molecule has 4 atom stereocenters. The third kappa shape index (κ3) is 4.91. The van der Waals surface area contributed by atoms with Gasteiger partial charge in [-0.3, -0.25) is 0 Å². The number of fused-ring (bicyclic) bond motifs is 20. The Morgan fingerprint density at radius 3 is 2.13 bits per heavy atom. The molecule has 3 nitrogen and oxygen atoms in total. The third-order valence-corrected chi connectivity index (χ3v) is 16.6. The van der Waals surface area contributed by atoms with Crippen molar-refractivity contribution in [3.63, 3.8) is 0 Å². The number of anilines is 2. The van der Waals surface area contributed by atoms with Gasteiger partial charge in [0.2, 0.25) is 0 Å². The fourth-order valence-corrected chi connectivity index (χ4v) is 13.8. The molecule has 0 saturated heterocycles. The van der Waals surface area contributed by atoms with Crippen LogP contribution in [0, 0.1) is 5.92 Å². The van der Waals surface area contributed by atoms with Crippen LogP contribution in [0.15, 0.2) is 220 Å². The van der Waals surface area contributed by atoms with Crippen molar-refractivity contribution in [2.45, 2.75) is 55.9 Å². The monoisotopic (exact) mass is 861 g/mol. The Hall–Kier alpha value is -7.62. The first kappa shape index (κ1) is 37.6. The molecule has 9 aromatic rings. The van der Waals surface area contributed by atoms with Gasteiger partial charge in [-0.2, -0.15) is 0 Å². The van der Waals surface area contributed by atoms with Crippen molar-refractivity contribution in [2.24, 2.45) is 5.92 Å². The molecular weight excluding hydrogens is 815 g/mol. The quantitative estimate of drug-likeness (QED) is 0.177. The highest BCUT2D eigenvalue weighted by molar-refractivity contribution is 6.12. The number of rotatable bonds is 3. The van der Waals surface area contributed by atoms with Crippen LogP contribution in [-0.2, 0) is 10.8 Å². The van der Waals surface area contributed by atoms with Crippen LogP contribution in [0.4, 0.5) is 11.4 Å². The first-order valence-electron chi connectivity index (χ1n) is 24.1.